The highest BCUT2D eigenvalue weighted by Gasteiger charge is 2.22. The number of rotatable bonds is 5. The van der Waals surface area contributed by atoms with E-state index in [-0.39, 0.29) is 11.7 Å². The van der Waals surface area contributed by atoms with Gasteiger partial charge in [0.2, 0.25) is 5.91 Å². The first-order chi connectivity index (χ1) is 11.5. The van der Waals surface area contributed by atoms with Gasteiger partial charge in [0, 0.05) is 18.3 Å². The molecule has 4 nitrogen and oxygen atoms in total. The van der Waals surface area contributed by atoms with Gasteiger partial charge in [0.05, 0.1) is 0 Å². The number of likely N-dealkylation sites (N-methyl/N-ethyl adjacent to an activating group) is 1. The summed E-state index contributed by atoms with van der Waals surface area (Å²) >= 11 is 0. The number of hydrogen-bond donors (Lipinski definition) is 2. The van der Waals surface area contributed by atoms with Crippen LogP contribution in [0.25, 0.3) is 10.9 Å². The number of hydrogen-bond acceptors (Lipinski definition) is 2. The van der Waals surface area contributed by atoms with E-state index in [1.807, 2.05) is 43.4 Å². The highest BCUT2D eigenvalue weighted by molar-refractivity contribution is 5.83. The maximum Gasteiger partial charge on any atom is 0.242 e. The molecule has 1 atom stereocenters. The number of aromatic amines is 1. The van der Waals surface area contributed by atoms with Gasteiger partial charge in [0.15, 0.2) is 0 Å². The summed E-state index contributed by atoms with van der Waals surface area (Å²) in [6.45, 7) is 0.450. The molecule has 0 unspecified atom stereocenters. The van der Waals surface area contributed by atoms with Crippen LogP contribution in [0.2, 0.25) is 0 Å². The first-order valence-electron chi connectivity index (χ1n) is 7.80. The molecule has 3 aromatic rings. The lowest BCUT2D eigenvalue weighted by Gasteiger charge is -2.24. The first-order valence-corrected chi connectivity index (χ1v) is 7.80. The minimum absolute atomic E-state index is 0.110. The average Bonchev–Trinajstić information content (AvgIpc) is 3.02. The molecule has 0 aliphatic carbocycles. The van der Waals surface area contributed by atoms with Gasteiger partial charge in [-0.25, -0.2) is 4.39 Å². The zero-order valence-electron chi connectivity index (χ0n) is 13.7. The topological polar surface area (TPSA) is 48.1 Å². The van der Waals surface area contributed by atoms with Crippen LogP contribution < -0.4 is 5.32 Å². The number of fused-ring (bicyclic) bond motifs is 1. The predicted octanol–water partition coefficient (Wildman–Crippen LogP) is 3.23. The molecule has 1 amide bonds. The van der Waals surface area contributed by atoms with Gasteiger partial charge in [0.1, 0.15) is 11.9 Å². The van der Waals surface area contributed by atoms with Gasteiger partial charge in [-0.3, -0.25) is 9.69 Å². The van der Waals surface area contributed by atoms with Crippen molar-refractivity contribution in [1.82, 2.24) is 15.2 Å². The minimum Gasteiger partial charge on any atom is -0.361 e. The van der Waals surface area contributed by atoms with Crippen molar-refractivity contribution in [2.24, 2.45) is 0 Å². The number of H-pyrrole nitrogens is 1. The van der Waals surface area contributed by atoms with Crippen molar-refractivity contribution in [3.8, 4) is 0 Å². The highest BCUT2D eigenvalue weighted by atomic mass is 19.1. The molecule has 2 aromatic carbocycles. The highest BCUT2D eigenvalue weighted by Crippen LogP contribution is 2.19. The van der Waals surface area contributed by atoms with E-state index < -0.39 is 6.04 Å². The normalized spacial score (nSPS) is 12.5. The second kappa shape index (κ2) is 6.84. The predicted molar refractivity (Wildman–Crippen MR) is 93.0 cm³/mol. The van der Waals surface area contributed by atoms with Gasteiger partial charge in [-0.15, -0.1) is 0 Å². The summed E-state index contributed by atoms with van der Waals surface area (Å²) in [6, 6.07) is 13.6. The van der Waals surface area contributed by atoms with Crippen LogP contribution >= 0.6 is 0 Å². The number of nitrogens with one attached hydrogen (secondary N) is 2. The summed E-state index contributed by atoms with van der Waals surface area (Å²) in [5.41, 5.74) is 2.87. The summed E-state index contributed by atoms with van der Waals surface area (Å²) in [5.74, 6) is -0.419. The summed E-state index contributed by atoms with van der Waals surface area (Å²) in [6.07, 6.45) is 1.89. The van der Waals surface area contributed by atoms with Crippen LogP contribution in [0.5, 0.6) is 0 Å². The molecule has 0 bridgehead atoms. The number of benzene rings is 2. The van der Waals surface area contributed by atoms with Gasteiger partial charge in [-0.05, 0) is 60.9 Å². The Balaban J connectivity index is 1.72. The molecule has 0 aliphatic rings. The SMILES string of the molecule is CN(C)[C@@H](C(=O)NCc1ccc2[nH]ccc2c1)c1ccc(F)cc1. The molecule has 1 heterocycles. The molecule has 5 heteroatoms. The van der Waals surface area contributed by atoms with Crippen LogP contribution in [0, 0.1) is 5.82 Å². The molecule has 124 valence electrons. The van der Waals surface area contributed by atoms with E-state index in [1.165, 1.54) is 12.1 Å². The van der Waals surface area contributed by atoms with E-state index >= 15 is 0 Å². The van der Waals surface area contributed by atoms with Crippen LogP contribution in [0.4, 0.5) is 4.39 Å². The van der Waals surface area contributed by atoms with E-state index in [9.17, 15) is 9.18 Å². The zero-order chi connectivity index (χ0) is 17.1. The minimum atomic E-state index is -0.457. The Morgan fingerprint density at radius 3 is 2.62 bits per heavy atom. The third-order valence-corrected chi connectivity index (χ3v) is 4.03. The number of amides is 1. The smallest absolute Gasteiger partial charge is 0.242 e. The average molecular weight is 325 g/mol. The van der Waals surface area contributed by atoms with Crippen molar-refractivity contribution in [2.75, 3.05) is 14.1 Å². The molecule has 3 rings (SSSR count). The molecule has 0 radical (unpaired) electrons. The Kier molecular flexibility index (Phi) is 4.62. The molecule has 0 saturated carbocycles. The number of aromatic nitrogens is 1. The number of nitrogens with zero attached hydrogens (tertiary/aromatic N) is 1. The van der Waals surface area contributed by atoms with E-state index in [0.717, 1.165) is 22.0 Å². The Morgan fingerprint density at radius 1 is 1.17 bits per heavy atom. The number of halogens is 1. The lowest BCUT2D eigenvalue weighted by Crippen LogP contribution is -2.36. The fourth-order valence-electron chi connectivity index (χ4n) is 2.83. The second-order valence-corrected chi connectivity index (χ2v) is 6.03. The van der Waals surface area contributed by atoms with Gasteiger partial charge in [-0.1, -0.05) is 18.2 Å². The first kappa shape index (κ1) is 16.2. The zero-order valence-corrected chi connectivity index (χ0v) is 13.7. The molecule has 0 fully saturated rings. The third-order valence-electron chi connectivity index (χ3n) is 4.03. The van der Waals surface area contributed by atoms with Gasteiger partial charge < -0.3 is 10.3 Å². The molecule has 0 saturated heterocycles. The third kappa shape index (κ3) is 3.46. The fourth-order valence-corrected chi connectivity index (χ4v) is 2.83. The molecular weight excluding hydrogens is 305 g/mol. The lowest BCUT2D eigenvalue weighted by molar-refractivity contribution is -0.125. The Bertz CT molecular complexity index is 839. The quantitative estimate of drug-likeness (QED) is 0.757. The van der Waals surface area contributed by atoms with Crippen LogP contribution in [0.3, 0.4) is 0 Å². The van der Waals surface area contributed by atoms with Gasteiger partial charge in [-0.2, -0.15) is 0 Å². The molecule has 1 aromatic heterocycles. The molecule has 2 N–H and O–H groups in total. The maximum absolute atomic E-state index is 13.1. The van der Waals surface area contributed by atoms with Crippen LogP contribution in [-0.4, -0.2) is 29.9 Å². The summed E-state index contributed by atoms with van der Waals surface area (Å²) in [5, 5.41) is 4.08. The van der Waals surface area contributed by atoms with Crippen molar-refractivity contribution < 1.29 is 9.18 Å². The standard InChI is InChI=1S/C19H20FN3O/c1-23(2)18(14-4-6-16(20)7-5-14)19(24)22-12-13-3-8-17-15(11-13)9-10-21-17/h3-11,18,21H,12H2,1-2H3,(H,22,24)/t18-/m1/s1. The molecule has 0 aliphatic heterocycles. The largest absolute Gasteiger partial charge is 0.361 e. The van der Waals surface area contributed by atoms with Crippen molar-refractivity contribution >= 4 is 16.8 Å². The molecular formula is C19H20FN3O. The Labute approximate surface area is 140 Å². The summed E-state index contributed by atoms with van der Waals surface area (Å²) in [7, 11) is 3.67. The maximum atomic E-state index is 13.1. The van der Waals surface area contributed by atoms with Crippen molar-refractivity contribution in [1.29, 1.82) is 0 Å². The molecule has 24 heavy (non-hydrogen) atoms. The van der Waals surface area contributed by atoms with Crippen LogP contribution in [-0.2, 0) is 11.3 Å². The van der Waals surface area contributed by atoms with E-state index in [0.29, 0.717) is 6.54 Å². The van der Waals surface area contributed by atoms with Crippen molar-refractivity contribution in [2.45, 2.75) is 12.6 Å². The van der Waals surface area contributed by atoms with Crippen molar-refractivity contribution in [3.63, 3.8) is 0 Å². The fraction of sp³-hybridized carbons (Fsp3) is 0.211. The van der Waals surface area contributed by atoms with E-state index in [1.54, 1.807) is 12.1 Å². The Hall–Kier alpha value is -2.66. The van der Waals surface area contributed by atoms with Crippen LogP contribution in [0.1, 0.15) is 17.2 Å². The van der Waals surface area contributed by atoms with Crippen molar-refractivity contribution in [3.05, 3.63) is 71.7 Å². The van der Waals surface area contributed by atoms with E-state index in [4.69, 9.17) is 0 Å². The van der Waals surface area contributed by atoms with Gasteiger partial charge in [0.25, 0.3) is 0 Å². The van der Waals surface area contributed by atoms with Crippen LogP contribution in [0.15, 0.2) is 54.7 Å². The van der Waals surface area contributed by atoms with E-state index in [2.05, 4.69) is 16.4 Å². The second-order valence-electron chi connectivity index (χ2n) is 6.03. The monoisotopic (exact) mass is 325 g/mol. The summed E-state index contributed by atoms with van der Waals surface area (Å²) in [4.78, 5) is 17.6. The lowest BCUT2D eigenvalue weighted by atomic mass is 10.0. The summed E-state index contributed by atoms with van der Waals surface area (Å²) < 4.78 is 13.1. The number of carbonyl (C=O) groups excluding carboxylic acids is 1. The number of carbonyl (C=O) groups is 1. The Morgan fingerprint density at radius 2 is 1.92 bits per heavy atom. The van der Waals surface area contributed by atoms with Gasteiger partial charge >= 0.3 is 0 Å². The molecule has 0 spiro atoms.